The van der Waals surface area contributed by atoms with Gasteiger partial charge in [0.25, 0.3) is 5.69 Å². The van der Waals surface area contributed by atoms with E-state index in [1.165, 1.54) is 16.6 Å². The van der Waals surface area contributed by atoms with Crippen LogP contribution in [0, 0.1) is 17.0 Å². The van der Waals surface area contributed by atoms with Crippen LogP contribution in [0.15, 0.2) is 22.1 Å². The Labute approximate surface area is 129 Å². The zero-order valence-electron chi connectivity index (χ0n) is 11.1. The maximum absolute atomic E-state index is 10.8. The largest absolute Gasteiger partial charge is 0.364 e. The van der Waals surface area contributed by atoms with Crippen molar-refractivity contribution < 1.29 is 4.92 Å². The summed E-state index contributed by atoms with van der Waals surface area (Å²) < 4.78 is 0.640. The van der Waals surface area contributed by atoms with E-state index in [0.29, 0.717) is 22.4 Å². The fraction of sp³-hybridized carbons (Fsp3) is 0.308. The summed E-state index contributed by atoms with van der Waals surface area (Å²) in [4.78, 5) is 15.8. The van der Waals surface area contributed by atoms with Crippen molar-refractivity contribution in [2.45, 2.75) is 26.8 Å². The predicted octanol–water partition coefficient (Wildman–Crippen LogP) is 4.30. The molecule has 2 aromatic heterocycles. The summed E-state index contributed by atoms with van der Waals surface area (Å²) in [5.41, 5.74) is 1.92. The Hall–Kier alpha value is -1.47. The average molecular weight is 356 g/mol. The van der Waals surface area contributed by atoms with E-state index in [0.717, 1.165) is 6.42 Å². The van der Waals surface area contributed by atoms with Gasteiger partial charge in [-0.05, 0) is 46.3 Å². The molecule has 0 aliphatic rings. The van der Waals surface area contributed by atoms with Gasteiger partial charge in [-0.15, -0.1) is 11.3 Å². The molecule has 7 heteroatoms. The number of nitrogens with zero attached hydrogens (tertiary/aromatic N) is 2. The first-order valence-corrected chi connectivity index (χ1v) is 7.80. The smallest absolute Gasteiger partial charge is 0.291 e. The topological polar surface area (TPSA) is 68.1 Å². The van der Waals surface area contributed by atoms with Crippen LogP contribution in [0.1, 0.15) is 22.9 Å². The van der Waals surface area contributed by atoms with Crippen LogP contribution in [0.3, 0.4) is 0 Å². The number of nitro groups is 1. The van der Waals surface area contributed by atoms with E-state index in [1.54, 1.807) is 18.3 Å². The molecule has 2 rings (SSSR count). The number of halogens is 1. The first-order chi connectivity index (χ1) is 9.54. The molecule has 0 saturated heterocycles. The lowest BCUT2D eigenvalue weighted by Gasteiger charge is -2.09. The third kappa shape index (κ3) is 2.99. The number of anilines is 1. The van der Waals surface area contributed by atoms with E-state index in [1.807, 2.05) is 0 Å². The first-order valence-electron chi connectivity index (χ1n) is 6.13. The second kappa shape index (κ2) is 6.32. The molecule has 0 spiro atoms. The Morgan fingerprint density at radius 3 is 2.95 bits per heavy atom. The van der Waals surface area contributed by atoms with Gasteiger partial charge in [0.2, 0.25) is 0 Å². The summed E-state index contributed by atoms with van der Waals surface area (Å²) in [6, 6.07) is 2.12. The second-order valence-corrected chi connectivity index (χ2v) is 6.06. The van der Waals surface area contributed by atoms with Gasteiger partial charge in [0.15, 0.2) is 0 Å². The summed E-state index contributed by atoms with van der Waals surface area (Å²) >= 11 is 5.07. The fourth-order valence-electron chi connectivity index (χ4n) is 1.88. The van der Waals surface area contributed by atoms with Crippen LogP contribution in [0.4, 0.5) is 11.5 Å². The van der Waals surface area contributed by atoms with Crippen molar-refractivity contribution in [3.05, 3.63) is 48.2 Å². The molecule has 1 N–H and O–H groups in total. The Bertz CT molecular complexity index is 643. The molecule has 0 unspecified atom stereocenters. The van der Waals surface area contributed by atoms with Crippen molar-refractivity contribution >= 4 is 38.8 Å². The average Bonchev–Trinajstić information content (AvgIpc) is 2.87. The summed E-state index contributed by atoms with van der Waals surface area (Å²) in [5, 5.41) is 16.1. The van der Waals surface area contributed by atoms with Gasteiger partial charge in [-0.2, -0.15) is 0 Å². The maximum Gasteiger partial charge on any atom is 0.291 e. The van der Waals surface area contributed by atoms with Crippen molar-refractivity contribution in [2.75, 3.05) is 5.32 Å². The molecule has 0 radical (unpaired) electrons. The van der Waals surface area contributed by atoms with Crippen LogP contribution in [0.2, 0.25) is 0 Å². The molecule has 0 aromatic carbocycles. The molecule has 0 atom stereocenters. The van der Waals surface area contributed by atoms with Gasteiger partial charge in [-0.25, -0.2) is 4.98 Å². The predicted molar refractivity (Wildman–Crippen MR) is 84.4 cm³/mol. The van der Waals surface area contributed by atoms with E-state index in [9.17, 15) is 10.1 Å². The molecule has 20 heavy (non-hydrogen) atoms. The van der Waals surface area contributed by atoms with E-state index in [-0.39, 0.29) is 5.69 Å². The van der Waals surface area contributed by atoms with E-state index in [4.69, 9.17) is 0 Å². The lowest BCUT2D eigenvalue weighted by atomic mass is 10.2. The molecule has 2 aromatic rings. The zero-order valence-corrected chi connectivity index (χ0v) is 13.5. The SMILES string of the molecule is CCc1ccsc1CNc1ncc([N+](=O)[O-])c(C)c1Br. The Morgan fingerprint density at radius 1 is 1.55 bits per heavy atom. The molecule has 0 saturated carbocycles. The molecule has 0 bridgehead atoms. The van der Waals surface area contributed by atoms with Crippen molar-refractivity contribution in [3.8, 4) is 0 Å². The van der Waals surface area contributed by atoms with Gasteiger partial charge in [-0.3, -0.25) is 10.1 Å². The number of aryl methyl sites for hydroxylation is 1. The number of pyridine rings is 1. The van der Waals surface area contributed by atoms with Gasteiger partial charge in [0, 0.05) is 10.4 Å². The van der Waals surface area contributed by atoms with Crippen molar-refractivity contribution in [1.82, 2.24) is 4.98 Å². The second-order valence-electron chi connectivity index (χ2n) is 4.26. The molecule has 0 aliphatic carbocycles. The number of nitrogens with one attached hydrogen (secondary N) is 1. The quantitative estimate of drug-likeness (QED) is 0.641. The van der Waals surface area contributed by atoms with Gasteiger partial charge in [0.1, 0.15) is 12.0 Å². The minimum Gasteiger partial charge on any atom is -0.364 e. The normalized spacial score (nSPS) is 10.6. The molecular formula is C13H14BrN3O2S. The molecule has 0 fully saturated rings. The van der Waals surface area contributed by atoms with Crippen LogP contribution >= 0.6 is 27.3 Å². The highest BCUT2D eigenvalue weighted by molar-refractivity contribution is 9.10. The molecule has 0 aliphatic heterocycles. The van der Waals surface area contributed by atoms with Crippen LogP contribution in [0.5, 0.6) is 0 Å². The molecular weight excluding hydrogens is 342 g/mol. The zero-order chi connectivity index (χ0) is 14.7. The maximum atomic E-state index is 10.8. The monoisotopic (exact) mass is 355 g/mol. The van der Waals surface area contributed by atoms with Crippen molar-refractivity contribution in [1.29, 1.82) is 0 Å². The molecule has 2 heterocycles. The fourth-order valence-corrected chi connectivity index (χ4v) is 3.24. The summed E-state index contributed by atoms with van der Waals surface area (Å²) in [6.45, 7) is 4.50. The Balaban J connectivity index is 2.19. The van der Waals surface area contributed by atoms with Crippen LogP contribution in [0.25, 0.3) is 0 Å². The number of aromatic nitrogens is 1. The lowest BCUT2D eigenvalue weighted by Crippen LogP contribution is -2.04. The summed E-state index contributed by atoms with van der Waals surface area (Å²) in [5.74, 6) is 0.628. The van der Waals surface area contributed by atoms with Crippen molar-refractivity contribution in [3.63, 3.8) is 0 Å². The molecule has 0 amide bonds. The van der Waals surface area contributed by atoms with E-state index >= 15 is 0 Å². The highest BCUT2D eigenvalue weighted by atomic mass is 79.9. The standard InChI is InChI=1S/C13H14BrN3O2S/c1-3-9-4-5-20-11(9)7-16-13-12(14)8(2)10(6-15-13)17(18)19/h4-6H,3,7H2,1-2H3,(H,15,16). The summed E-state index contributed by atoms with van der Waals surface area (Å²) in [6.07, 6.45) is 2.28. The number of hydrogen-bond acceptors (Lipinski definition) is 5. The molecule has 106 valence electrons. The Morgan fingerprint density at radius 2 is 2.30 bits per heavy atom. The van der Waals surface area contributed by atoms with Gasteiger partial charge >= 0.3 is 0 Å². The minimum atomic E-state index is -0.425. The van der Waals surface area contributed by atoms with E-state index in [2.05, 4.69) is 44.6 Å². The van der Waals surface area contributed by atoms with Crippen LogP contribution in [-0.2, 0) is 13.0 Å². The summed E-state index contributed by atoms with van der Waals surface area (Å²) in [7, 11) is 0. The third-order valence-electron chi connectivity index (χ3n) is 3.07. The number of rotatable bonds is 5. The minimum absolute atomic E-state index is 0.0211. The Kier molecular flexibility index (Phi) is 4.72. The van der Waals surface area contributed by atoms with Gasteiger partial charge < -0.3 is 5.32 Å². The van der Waals surface area contributed by atoms with Gasteiger partial charge in [0.05, 0.1) is 15.9 Å². The number of hydrogen-bond donors (Lipinski definition) is 1. The molecule has 5 nitrogen and oxygen atoms in total. The highest BCUT2D eigenvalue weighted by Crippen LogP contribution is 2.31. The lowest BCUT2D eigenvalue weighted by molar-refractivity contribution is -0.385. The van der Waals surface area contributed by atoms with E-state index < -0.39 is 4.92 Å². The third-order valence-corrected chi connectivity index (χ3v) is 5.00. The number of thiophene rings is 1. The first kappa shape index (κ1) is 14.9. The van der Waals surface area contributed by atoms with Crippen LogP contribution < -0.4 is 5.32 Å². The highest BCUT2D eigenvalue weighted by Gasteiger charge is 2.17. The van der Waals surface area contributed by atoms with Gasteiger partial charge in [-0.1, -0.05) is 6.92 Å². The van der Waals surface area contributed by atoms with Crippen molar-refractivity contribution in [2.24, 2.45) is 0 Å². The van der Waals surface area contributed by atoms with Crippen LogP contribution in [-0.4, -0.2) is 9.91 Å².